The third-order valence-electron chi connectivity index (χ3n) is 4.50. The van der Waals surface area contributed by atoms with Gasteiger partial charge in [0.05, 0.1) is 12.6 Å². The van der Waals surface area contributed by atoms with Gasteiger partial charge >= 0.3 is 11.9 Å². The van der Waals surface area contributed by atoms with Crippen LogP contribution in [-0.4, -0.2) is 80.9 Å². The second kappa shape index (κ2) is 13.0. The van der Waals surface area contributed by atoms with E-state index in [0.717, 1.165) is 0 Å². The summed E-state index contributed by atoms with van der Waals surface area (Å²) in [5, 5.41) is 43.8. The molecule has 0 saturated heterocycles. The van der Waals surface area contributed by atoms with E-state index in [4.69, 9.17) is 10.8 Å². The van der Waals surface area contributed by atoms with E-state index < -0.39 is 66.9 Å². The molecule has 13 heteroatoms. The van der Waals surface area contributed by atoms with Crippen molar-refractivity contribution in [2.24, 2.45) is 5.73 Å². The molecular weight excluding hydrogens is 440 g/mol. The number of aliphatic hydroxyl groups excluding tert-OH is 1. The fourth-order valence-electron chi connectivity index (χ4n) is 2.65. The van der Waals surface area contributed by atoms with Crippen molar-refractivity contribution >= 4 is 29.7 Å². The van der Waals surface area contributed by atoms with Crippen LogP contribution in [0.3, 0.4) is 0 Å². The molecule has 0 aliphatic rings. The van der Waals surface area contributed by atoms with Gasteiger partial charge in [-0.2, -0.15) is 0 Å². The molecule has 3 amide bonds. The lowest BCUT2D eigenvalue weighted by Crippen LogP contribution is -2.58. The van der Waals surface area contributed by atoms with Crippen molar-refractivity contribution in [2.75, 3.05) is 6.61 Å². The fourth-order valence-corrected chi connectivity index (χ4v) is 2.65. The van der Waals surface area contributed by atoms with E-state index in [-0.39, 0.29) is 18.6 Å². The second-order valence-electron chi connectivity index (χ2n) is 7.30. The summed E-state index contributed by atoms with van der Waals surface area (Å²) in [5.74, 6) is -5.35. The highest BCUT2D eigenvalue weighted by molar-refractivity contribution is 5.94. The number of carboxylic acid groups (broad SMARTS) is 2. The number of nitrogens with one attached hydrogen (secondary N) is 3. The Morgan fingerprint density at radius 1 is 0.879 bits per heavy atom. The van der Waals surface area contributed by atoms with E-state index in [9.17, 15) is 39.3 Å². The van der Waals surface area contributed by atoms with Crippen LogP contribution in [0.1, 0.15) is 25.3 Å². The van der Waals surface area contributed by atoms with E-state index in [0.29, 0.717) is 5.56 Å². The van der Waals surface area contributed by atoms with Crippen LogP contribution in [0.15, 0.2) is 24.3 Å². The van der Waals surface area contributed by atoms with Gasteiger partial charge in [0.25, 0.3) is 0 Å². The number of carbonyl (C=O) groups excluding carboxylic acids is 3. The number of nitrogens with two attached hydrogens (primary N) is 1. The van der Waals surface area contributed by atoms with Crippen molar-refractivity contribution in [1.29, 1.82) is 0 Å². The van der Waals surface area contributed by atoms with Gasteiger partial charge < -0.3 is 42.1 Å². The molecule has 0 aromatic heterocycles. The van der Waals surface area contributed by atoms with Gasteiger partial charge in [0.2, 0.25) is 17.7 Å². The standard InChI is InChI=1S/C20H28N4O9/c1-10(21)17(29)24-15(9-25)19(31)22-13(6-7-16(27)28)18(30)23-14(20(32)33)8-11-2-4-12(26)5-3-11/h2-5,10,13-15,25-26H,6-9,21H2,1H3,(H,22,31)(H,23,30)(H,24,29)(H,27,28)(H,32,33). The molecule has 4 unspecified atom stereocenters. The van der Waals surface area contributed by atoms with E-state index in [1.165, 1.54) is 31.2 Å². The molecule has 1 aromatic rings. The Kier molecular flexibility index (Phi) is 10.7. The van der Waals surface area contributed by atoms with Gasteiger partial charge in [-0.15, -0.1) is 0 Å². The minimum atomic E-state index is -1.46. The highest BCUT2D eigenvalue weighted by atomic mass is 16.4. The highest BCUT2D eigenvalue weighted by Crippen LogP contribution is 2.12. The predicted molar refractivity (Wildman–Crippen MR) is 113 cm³/mol. The Balaban J connectivity index is 2.95. The minimum Gasteiger partial charge on any atom is -0.508 e. The van der Waals surface area contributed by atoms with Crippen LogP contribution in [0.5, 0.6) is 5.75 Å². The lowest BCUT2D eigenvalue weighted by atomic mass is 10.0. The summed E-state index contributed by atoms with van der Waals surface area (Å²) < 4.78 is 0. The molecule has 0 aliphatic heterocycles. The predicted octanol–water partition coefficient (Wildman–Crippen LogP) is -2.32. The molecule has 13 nitrogen and oxygen atoms in total. The Bertz CT molecular complexity index is 858. The Labute approximate surface area is 189 Å². The van der Waals surface area contributed by atoms with Crippen molar-refractivity contribution in [3.05, 3.63) is 29.8 Å². The summed E-state index contributed by atoms with van der Waals surface area (Å²) >= 11 is 0. The number of amides is 3. The summed E-state index contributed by atoms with van der Waals surface area (Å²) in [7, 11) is 0. The largest absolute Gasteiger partial charge is 0.508 e. The molecule has 4 atom stereocenters. The summed E-state index contributed by atoms with van der Waals surface area (Å²) in [6.45, 7) is 0.529. The smallest absolute Gasteiger partial charge is 0.326 e. The van der Waals surface area contributed by atoms with Crippen LogP contribution in [0, 0.1) is 0 Å². The SMILES string of the molecule is CC(N)C(=O)NC(CO)C(=O)NC(CCC(=O)O)C(=O)NC(Cc1ccc(O)cc1)C(=O)O. The third kappa shape index (κ3) is 9.53. The molecule has 1 aromatic carbocycles. The molecule has 182 valence electrons. The topological polar surface area (TPSA) is 228 Å². The van der Waals surface area contributed by atoms with Crippen LogP contribution >= 0.6 is 0 Å². The molecule has 0 aliphatic carbocycles. The Hall–Kier alpha value is -3.71. The van der Waals surface area contributed by atoms with Crippen LogP contribution in [0.25, 0.3) is 0 Å². The highest BCUT2D eigenvalue weighted by Gasteiger charge is 2.30. The molecule has 0 spiro atoms. The van der Waals surface area contributed by atoms with Crippen LogP contribution in [-0.2, 0) is 30.4 Å². The monoisotopic (exact) mass is 468 g/mol. The van der Waals surface area contributed by atoms with Crippen molar-refractivity contribution in [3.63, 3.8) is 0 Å². The summed E-state index contributed by atoms with van der Waals surface area (Å²) in [6.07, 6.45) is -1.05. The fraction of sp³-hybridized carbons (Fsp3) is 0.450. The summed E-state index contributed by atoms with van der Waals surface area (Å²) in [5.41, 5.74) is 5.89. The molecule has 9 N–H and O–H groups in total. The van der Waals surface area contributed by atoms with Crippen LogP contribution in [0.2, 0.25) is 0 Å². The normalized spacial score (nSPS) is 14.3. The van der Waals surface area contributed by atoms with E-state index >= 15 is 0 Å². The number of aromatic hydroxyl groups is 1. The first-order valence-electron chi connectivity index (χ1n) is 9.94. The maximum Gasteiger partial charge on any atom is 0.326 e. The number of benzene rings is 1. The average molecular weight is 468 g/mol. The molecule has 0 fully saturated rings. The van der Waals surface area contributed by atoms with Crippen LogP contribution in [0.4, 0.5) is 0 Å². The molecule has 0 heterocycles. The van der Waals surface area contributed by atoms with Gasteiger partial charge in [0.1, 0.15) is 23.9 Å². The zero-order valence-corrected chi connectivity index (χ0v) is 17.9. The first-order chi connectivity index (χ1) is 15.4. The van der Waals surface area contributed by atoms with Crippen molar-refractivity contribution in [1.82, 2.24) is 16.0 Å². The van der Waals surface area contributed by atoms with E-state index in [1.54, 1.807) is 0 Å². The first kappa shape index (κ1) is 27.3. The zero-order valence-electron chi connectivity index (χ0n) is 17.9. The number of phenols is 1. The van der Waals surface area contributed by atoms with Crippen molar-refractivity contribution in [2.45, 2.75) is 50.4 Å². The summed E-state index contributed by atoms with van der Waals surface area (Å²) in [4.78, 5) is 59.4. The van der Waals surface area contributed by atoms with Gasteiger partial charge in [-0.1, -0.05) is 12.1 Å². The number of hydrogen-bond acceptors (Lipinski definition) is 8. The molecule has 1 rings (SSSR count). The number of phenolic OH excluding ortho intramolecular Hbond substituents is 1. The molecule has 0 bridgehead atoms. The molecule has 33 heavy (non-hydrogen) atoms. The van der Waals surface area contributed by atoms with Gasteiger partial charge in [0, 0.05) is 12.8 Å². The number of rotatable bonds is 13. The lowest BCUT2D eigenvalue weighted by Gasteiger charge is -2.24. The second-order valence-corrected chi connectivity index (χ2v) is 7.30. The van der Waals surface area contributed by atoms with Gasteiger partial charge in [0.15, 0.2) is 0 Å². The van der Waals surface area contributed by atoms with Crippen LogP contribution < -0.4 is 21.7 Å². The minimum absolute atomic E-state index is 0.0272. The van der Waals surface area contributed by atoms with Gasteiger partial charge in [-0.25, -0.2) is 4.79 Å². The van der Waals surface area contributed by atoms with Crippen molar-refractivity contribution < 1.29 is 44.4 Å². The Morgan fingerprint density at radius 2 is 1.39 bits per heavy atom. The number of carboxylic acids is 2. The van der Waals surface area contributed by atoms with E-state index in [1.807, 2.05) is 0 Å². The number of hydrogen-bond donors (Lipinski definition) is 8. The quantitative estimate of drug-likeness (QED) is 0.154. The molecular formula is C20H28N4O9. The third-order valence-corrected chi connectivity index (χ3v) is 4.50. The maximum absolute atomic E-state index is 12.7. The van der Waals surface area contributed by atoms with Gasteiger partial charge in [-0.05, 0) is 31.0 Å². The van der Waals surface area contributed by atoms with Gasteiger partial charge in [-0.3, -0.25) is 19.2 Å². The number of aliphatic hydroxyl groups is 1. The average Bonchev–Trinajstić information content (AvgIpc) is 2.74. The lowest BCUT2D eigenvalue weighted by molar-refractivity contribution is -0.143. The number of aliphatic carboxylic acids is 2. The first-order valence-corrected chi connectivity index (χ1v) is 9.94. The maximum atomic E-state index is 12.7. The summed E-state index contributed by atoms with van der Waals surface area (Å²) in [6, 6.07) is 0.302. The molecule has 0 radical (unpaired) electrons. The Morgan fingerprint density at radius 3 is 1.88 bits per heavy atom. The number of carbonyl (C=O) groups is 5. The zero-order chi connectivity index (χ0) is 25.1. The van der Waals surface area contributed by atoms with E-state index in [2.05, 4.69) is 16.0 Å². The molecule has 0 saturated carbocycles. The van der Waals surface area contributed by atoms with Crippen molar-refractivity contribution in [3.8, 4) is 5.75 Å².